The Morgan fingerprint density at radius 3 is 2.27 bits per heavy atom. The Morgan fingerprint density at radius 2 is 1.71 bits per heavy atom. The monoisotopic (exact) mass is 837 g/mol. The smallest absolute Gasteiger partial charge is 0.187 e. The second kappa shape index (κ2) is 25.0. The van der Waals surface area contributed by atoms with E-state index in [0.29, 0.717) is 47.4 Å². The minimum Gasteiger partial charge on any atom is -0.479 e. The Bertz CT molecular complexity index is 2040. The average Bonchev–Trinajstić information content (AvgIpc) is 3.55. The lowest BCUT2D eigenvalue weighted by atomic mass is 9.80. The van der Waals surface area contributed by atoms with E-state index in [9.17, 15) is 14.4 Å². The maximum Gasteiger partial charge on any atom is 0.187 e. The third-order valence-corrected chi connectivity index (χ3v) is 12.4. The van der Waals surface area contributed by atoms with Gasteiger partial charge in [0.25, 0.3) is 0 Å². The van der Waals surface area contributed by atoms with Gasteiger partial charge in [-0.05, 0) is 87.6 Å². The molecule has 0 bridgehead atoms. The second-order valence-corrected chi connectivity index (χ2v) is 17.7. The van der Waals surface area contributed by atoms with Crippen LogP contribution in [0.4, 0.5) is 18.9 Å². The van der Waals surface area contributed by atoms with Gasteiger partial charge in [0.2, 0.25) is 0 Å². The third-order valence-electron chi connectivity index (χ3n) is 11.4. The molecule has 326 valence electrons. The summed E-state index contributed by atoms with van der Waals surface area (Å²) in [6.45, 7) is 24.0. The summed E-state index contributed by atoms with van der Waals surface area (Å²) in [5.74, 6) is 0.235. The minimum atomic E-state index is -0.939. The van der Waals surface area contributed by atoms with Crippen molar-refractivity contribution in [2.45, 2.75) is 157 Å². The van der Waals surface area contributed by atoms with Gasteiger partial charge in [-0.2, -0.15) is 5.26 Å². The predicted octanol–water partition coefficient (Wildman–Crippen LogP) is 12.5. The number of fused-ring (bicyclic) bond motifs is 1. The van der Waals surface area contributed by atoms with Gasteiger partial charge in [0.15, 0.2) is 17.5 Å². The summed E-state index contributed by atoms with van der Waals surface area (Å²) in [6.07, 6.45) is 11.9. The molecule has 0 spiro atoms. The number of nitriles is 1. The van der Waals surface area contributed by atoms with E-state index in [2.05, 4.69) is 71.5 Å². The number of carbonyl (C=O) groups is 1. The van der Waals surface area contributed by atoms with Crippen LogP contribution in [0.2, 0.25) is 0 Å². The number of ketones is 1. The van der Waals surface area contributed by atoms with E-state index in [-0.39, 0.29) is 50.1 Å². The number of unbranched alkanes of at least 4 members (excludes halogenated alkanes) is 3. The normalized spacial score (nSPS) is 16.2. The molecule has 4 unspecified atom stereocenters. The number of thioether (sulfide) groups is 1. The number of anilines is 1. The minimum absolute atomic E-state index is 0.0185. The number of rotatable bonds is 22. The fourth-order valence-electron chi connectivity index (χ4n) is 7.38. The van der Waals surface area contributed by atoms with Crippen molar-refractivity contribution in [3.8, 4) is 6.07 Å². The number of halogens is 3. The highest BCUT2D eigenvalue weighted by Crippen LogP contribution is 2.34. The number of benzene rings is 2. The molecular formula is C49H71F3N4O2S. The predicted molar refractivity (Wildman–Crippen MR) is 242 cm³/mol. The first-order valence-electron chi connectivity index (χ1n) is 21.6. The number of alkyl halides is 1. The van der Waals surface area contributed by atoms with Crippen molar-refractivity contribution in [2.24, 2.45) is 17.3 Å². The van der Waals surface area contributed by atoms with Crippen molar-refractivity contribution < 1.29 is 22.7 Å². The zero-order valence-electron chi connectivity index (χ0n) is 37.7. The highest BCUT2D eigenvalue weighted by Gasteiger charge is 2.30. The van der Waals surface area contributed by atoms with Crippen LogP contribution in [0.15, 0.2) is 53.8 Å². The van der Waals surface area contributed by atoms with Crippen molar-refractivity contribution in [3.05, 3.63) is 81.4 Å². The summed E-state index contributed by atoms with van der Waals surface area (Å²) in [7, 11) is 2.08. The van der Waals surface area contributed by atoms with Gasteiger partial charge < -0.3 is 15.0 Å². The molecule has 4 atom stereocenters. The first-order valence-corrected chi connectivity index (χ1v) is 22.4. The van der Waals surface area contributed by atoms with E-state index in [1.807, 2.05) is 32.9 Å². The summed E-state index contributed by atoms with van der Waals surface area (Å²) in [5.41, 5.74) is 0.714. The first kappa shape index (κ1) is 51.2. The van der Waals surface area contributed by atoms with Gasteiger partial charge in [-0.1, -0.05) is 124 Å². The molecule has 59 heavy (non-hydrogen) atoms. The molecular weight excluding hydrogens is 766 g/mol. The number of nitrogens with one attached hydrogen (secondary N) is 2. The molecule has 10 heteroatoms. The topological polar surface area (TPSA) is 89.2 Å². The molecule has 0 amide bonds. The Kier molecular flexibility index (Phi) is 21.6. The molecule has 2 aromatic carbocycles. The summed E-state index contributed by atoms with van der Waals surface area (Å²) in [5, 5.41) is 23.1. The Labute approximate surface area is 357 Å². The second-order valence-electron chi connectivity index (χ2n) is 16.7. The van der Waals surface area contributed by atoms with Gasteiger partial charge in [0.05, 0.1) is 22.8 Å². The number of ether oxygens (including phenoxy) is 1. The largest absolute Gasteiger partial charge is 0.479 e. The highest BCUT2D eigenvalue weighted by molar-refractivity contribution is 8.15. The molecule has 6 nitrogen and oxygen atoms in total. The molecule has 0 saturated carbocycles. The van der Waals surface area contributed by atoms with Gasteiger partial charge in [0, 0.05) is 39.9 Å². The lowest BCUT2D eigenvalue weighted by molar-refractivity contribution is -0.112. The molecule has 1 aliphatic heterocycles. The fourth-order valence-corrected chi connectivity index (χ4v) is 8.32. The molecule has 0 aromatic heterocycles. The third kappa shape index (κ3) is 14.6. The van der Waals surface area contributed by atoms with Crippen LogP contribution < -0.4 is 15.8 Å². The zero-order chi connectivity index (χ0) is 44.4. The number of hydrogen-bond acceptors (Lipinski definition) is 7. The Hall–Kier alpha value is -3.97. The molecule has 2 N–H and O–H groups in total. The first-order chi connectivity index (χ1) is 27.9. The standard InChI is InChI=1S/C45H65F3N4OS.C4H6O/c1-11-15-16-17-25-45(9,26-32(46)14-4)28-53-39(18-12-2)51-42-33(31(8)52(10)38(30(7)13-3)24-19-29(5)6)20-21-35(41(42)48)34-22-23-37(47)43-40(34)36(27-49)44(50)54-43;1-3-4(2)5/h18,20-23,29-30,32,38,50-51H,11-17,19,24-26,28H2,1-10H3;3H,1H2,2H3/b33-31+,35-34-,39-18-,50-44?;. The van der Waals surface area contributed by atoms with Crippen molar-refractivity contribution in [3.63, 3.8) is 0 Å². The summed E-state index contributed by atoms with van der Waals surface area (Å²) < 4.78 is 54.0. The molecule has 0 saturated heterocycles. The quantitative estimate of drug-likeness (QED) is 0.0698. The lowest BCUT2D eigenvalue weighted by Crippen LogP contribution is -2.38. The van der Waals surface area contributed by atoms with Crippen LogP contribution >= 0.6 is 11.8 Å². The van der Waals surface area contributed by atoms with Crippen LogP contribution in [0.3, 0.4) is 0 Å². The number of allylic oxidation sites excluding steroid dienone is 2. The summed E-state index contributed by atoms with van der Waals surface area (Å²) in [6, 6.07) is 8.62. The van der Waals surface area contributed by atoms with Crippen LogP contribution in [-0.4, -0.2) is 41.6 Å². The van der Waals surface area contributed by atoms with Crippen molar-refractivity contribution in [2.75, 3.05) is 19.0 Å². The zero-order valence-corrected chi connectivity index (χ0v) is 38.5. The molecule has 0 radical (unpaired) electrons. The molecule has 2 aromatic rings. The van der Waals surface area contributed by atoms with E-state index in [4.69, 9.17) is 10.1 Å². The number of carbonyl (C=O) groups excluding carboxylic acids is 1. The van der Waals surface area contributed by atoms with E-state index >= 15 is 8.78 Å². The maximum absolute atomic E-state index is 17.5. The fraction of sp³-hybridized carbons (Fsp3) is 0.571. The summed E-state index contributed by atoms with van der Waals surface area (Å²) in [4.78, 5) is 12.1. The number of nitrogens with zero attached hydrogens (tertiary/aromatic N) is 2. The average molecular weight is 837 g/mol. The van der Waals surface area contributed by atoms with E-state index in [0.717, 1.165) is 68.8 Å². The van der Waals surface area contributed by atoms with Gasteiger partial charge in [0.1, 0.15) is 23.1 Å². The van der Waals surface area contributed by atoms with Crippen molar-refractivity contribution in [1.82, 2.24) is 4.90 Å². The van der Waals surface area contributed by atoms with Gasteiger partial charge in [-0.3, -0.25) is 10.2 Å². The van der Waals surface area contributed by atoms with E-state index < -0.39 is 23.2 Å². The van der Waals surface area contributed by atoms with E-state index in [1.54, 1.807) is 6.07 Å². The SMILES string of the molecule is C=CC(C)=O.CC/C=C(/Nc1c(F)/c(=c2/ccc(F)c3c2=C(C#N)C(=N)S3)cc/c1=C(/C)N(C)C(CCC(C)C)C(C)CC)OCC(C)(CCCCCC)CC(F)CC. The van der Waals surface area contributed by atoms with Crippen LogP contribution in [0.1, 0.15) is 140 Å². The van der Waals surface area contributed by atoms with Crippen molar-refractivity contribution >= 4 is 39.5 Å². The Balaban J connectivity index is 0.00000225. The van der Waals surface area contributed by atoms with Crippen LogP contribution in [0.25, 0.3) is 11.3 Å². The van der Waals surface area contributed by atoms with Crippen LogP contribution in [-0.2, 0) is 9.53 Å². The molecule has 1 aliphatic rings. The number of hydrogen-bond donors (Lipinski definition) is 2. The molecule has 3 rings (SSSR count). The summed E-state index contributed by atoms with van der Waals surface area (Å²) >= 11 is 0.880. The van der Waals surface area contributed by atoms with Gasteiger partial charge in [-0.25, -0.2) is 13.2 Å². The van der Waals surface area contributed by atoms with Gasteiger partial charge in [-0.15, -0.1) is 0 Å². The van der Waals surface area contributed by atoms with Crippen LogP contribution in [0, 0.1) is 56.1 Å². The molecule has 0 aliphatic carbocycles. The molecule has 0 fully saturated rings. The Morgan fingerprint density at radius 1 is 1.05 bits per heavy atom. The lowest BCUT2D eigenvalue weighted by Gasteiger charge is -2.36. The van der Waals surface area contributed by atoms with Crippen molar-refractivity contribution in [1.29, 1.82) is 10.7 Å². The molecule has 1 heterocycles. The van der Waals surface area contributed by atoms with E-state index in [1.165, 1.54) is 25.1 Å². The highest BCUT2D eigenvalue weighted by atomic mass is 32.2. The maximum atomic E-state index is 17.5. The van der Waals surface area contributed by atoms with Crippen LogP contribution in [0.5, 0.6) is 0 Å². The van der Waals surface area contributed by atoms with Gasteiger partial charge >= 0.3 is 0 Å².